The Labute approximate surface area is 214 Å². The lowest BCUT2D eigenvalue weighted by Crippen LogP contribution is -2.42. The molecular weight excluding hydrogens is 492 g/mol. The highest BCUT2D eigenvalue weighted by molar-refractivity contribution is 6.35. The van der Waals surface area contributed by atoms with E-state index in [9.17, 15) is 28.8 Å². The number of hydrogen-bond acceptors (Lipinski definition) is 8. The van der Waals surface area contributed by atoms with Crippen LogP contribution in [0.15, 0.2) is 70.3 Å². The number of nitrogen functional groups attached to an aromatic ring is 1. The Bertz CT molecular complexity index is 1770. The van der Waals surface area contributed by atoms with Crippen molar-refractivity contribution in [1.29, 1.82) is 0 Å². The number of benzene rings is 3. The van der Waals surface area contributed by atoms with E-state index in [1.807, 2.05) is 12.1 Å². The zero-order valence-corrected chi connectivity index (χ0v) is 20.3. The molecule has 11 heteroatoms. The second-order valence-corrected chi connectivity index (χ2v) is 8.67. The summed E-state index contributed by atoms with van der Waals surface area (Å²) in [6.07, 6.45) is 0. The zero-order valence-electron chi connectivity index (χ0n) is 20.3. The summed E-state index contributed by atoms with van der Waals surface area (Å²) in [5, 5.41) is 1.38. The fraction of sp³-hybridized carbons (Fsp3) is 0.111. The molecule has 11 nitrogen and oxygen atoms in total. The molecule has 190 valence electrons. The first kappa shape index (κ1) is 24.4. The minimum atomic E-state index is -0.899. The number of nitrogens with zero attached hydrogens (tertiary/aromatic N) is 3. The predicted octanol–water partition coefficient (Wildman–Crippen LogP) is 1.66. The minimum Gasteiger partial charge on any atom is -0.454 e. The molecule has 2 N–H and O–H groups in total. The molecule has 3 aromatic carbocycles. The number of amides is 2. The van der Waals surface area contributed by atoms with Gasteiger partial charge in [0.2, 0.25) is 5.78 Å². The Morgan fingerprint density at radius 2 is 1.39 bits per heavy atom. The molecular formula is C27H20N4O7. The van der Waals surface area contributed by atoms with Gasteiger partial charge in [-0.25, -0.2) is 14.5 Å². The van der Waals surface area contributed by atoms with Crippen molar-refractivity contribution in [2.24, 2.45) is 14.1 Å². The maximum Gasteiger partial charge on any atom is 0.338 e. The summed E-state index contributed by atoms with van der Waals surface area (Å²) in [5.41, 5.74) is 4.78. The highest BCUT2D eigenvalue weighted by atomic mass is 16.5. The number of carbonyl (C=O) groups is 4. The molecule has 0 fully saturated rings. The molecule has 0 aliphatic carbocycles. The van der Waals surface area contributed by atoms with E-state index in [2.05, 4.69) is 0 Å². The van der Waals surface area contributed by atoms with Crippen molar-refractivity contribution in [2.75, 3.05) is 17.2 Å². The first-order chi connectivity index (χ1) is 18.1. The van der Waals surface area contributed by atoms with E-state index in [0.29, 0.717) is 16.5 Å². The molecule has 4 aromatic rings. The van der Waals surface area contributed by atoms with Gasteiger partial charge < -0.3 is 10.5 Å². The van der Waals surface area contributed by atoms with Gasteiger partial charge in [-0.15, -0.1) is 0 Å². The lowest BCUT2D eigenvalue weighted by Gasteiger charge is -2.27. The van der Waals surface area contributed by atoms with Gasteiger partial charge in [0.15, 0.2) is 6.61 Å². The third-order valence-corrected chi connectivity index (χ3v) is 6.46. The number of ketones is 1. The maximum atomic E-state index is 13.2. The molecule has 0 spiro atoms. The minimum absolute atomic E-state index is 0.0438. The van der Waals surface area contributed by atoms with Crippen LogP contribution in [0.5, 0.6) is 0 Å². The lowest BCUT2D eigenvalue weighted by atomic mass is 9.94. The van der Waals surface area contributed by atoms with Gasteiger partial charge in [-0.05, 0) is 41.8 Å². The summed E-state index contributed by atoms with van der Waals surface area (Å²) in [5.74, 6) is -3.07. The maximum absolute atomic E-state index is 13.2. The Morgan fingerprint density at radius 3 is 1.97 bits per heavy atom. The quantitative estimate of drug-likeness (QED) is 0.241. The van der Waals surface area contributed by atoms with E-state index >= 15 is 0 Å². The third kappa shape index (κ3) is 3.68. The molecule has 38 heavy (non-hydrogen) atoms. The van der Waals surface area contributed by atoms with Gasteiger partial charge in [0.25, 0.3) is 17.4 Å². The fourth-order valence-corrected chi connectivity index (χ4v) is 4.42. The molecule has 0 atom stereocenters. The Balaban J connectivity index is 1.35. The molecule has 0 bridgehead atoms. The van der Waals surface area contributed by atoms with Gasteiger partial charge >= 0.3 is 11.7 Å². The van der Waals surface area contributed by atoms with Crippen molar-refractivity contribution in [1.82, 2.24) is 9.13 Å². The average molecular weight is 512 g/mol. The normalized spacial score (nSPS) is 12.6. The lowest BCUT2D eigenvalue weighted by molar-refractivity contribution is 0.0474. The number of esters is 1. The van der Waals surface area contributed by atoms with E-state index in [4.69, 9.17) is 10.5 Å². The molecule has 0 unspecified atom stereocenters. The Hall–Kier alpha value is -5.32. The fourth-order valence-electron chi connectivity index (χ4n) is 4.42. The number of hydrogen-bond donors (Lipinski definition) is 1. The van der Waals surface area contributed by atoms with Crippen LogP contribution in [0.2, 0.25) is 0 Å². The number of rotatable bonds is 5. The van der Waals surface area contributed by atoms with Crippen molar-refractivity contribution in [2.45, 2.75) is 0 Å². The first-order valence-corrected chi connectivity index (χ1v) is 11.4. The molecule has 2 heterocycles. The average Bonchev–Trinajstić information content (AvgIpc) is 2.93. The van der Waals surface area contributed by atoms with E-state index in [0.717, 1.165) is 19.4 Å². The summed E-state index contributed by atoms with van der Waals surface area (Å²) in [6.45, 7) is -0.790. The summed E-state index contributed by atoms with van der Waals surface area (Å²) in [7, 11) is 2.50. The molecule has 0 radical (unpaired) electrons. The predicted molar refractivity (Wildman–Crippen MR) is 137 cm³/mol. The molecule has 1 aliphatic rings. The van der Waals surface area contributed by atoms with Gasteiger partial charge in [-0.3, -0.25) is 28.3 Å². The van der Waals surface area contributed by atoms with Gasteiger partial charge in [0, 0.05) is 30.6 Å². The molecule has 1 aromatic heterocycles. The Morgan fingerprint density at radius 1 is 0.816 bits per heavy atom. The van der Waals surface area contributed by atoms with E-state index in [-0.39, 0.29) is 17.1 Å². The van der Waals surface area contributed by atoms with Crippen LogP contribution >= 0.6 is 0 Å². The van der Waals surface area contributed by atoms with Crippen molar-refractivity contribution in [3.63, 3.8) is 0 Å². The van der Waals surface area contributed by atoms with Crippen LogP contribution in [0, 0.1) is 0 Å². The topological polar surface area (TPSA) is 151 Å². The van der Waals surface area contributed by atoms with Crippen molar-refractivity contribution in [3.8, 4) is 0 Å². The Kier molecular flexibility index (Phi) is 5.75. The van der Waals surface area contributed by atoms with Crippen molar-refractivity contribution < 1.29 is 23.9 Å². The largest absolute Gasteiger partial charge is 0.454 e. The molecule has 5 rings (SSSR count). The van der Waals surface area contributed by atoms with Crippen LogP contribution in [0.25, 0.3) is 10.8 Å². The van der Waals surface area contributed by atoms with E-state index in [1.165, 1.54) is 38.4 Å². The van der Waals surface area contributed by atoms with Gasteiger partial charge in [0.1, 0.15) is 11.4 Å². The van der Waals surface area contributed by atoms with Crippen LogP contribution in [-0.4, -0.2) is 39.3 Å². The van der Waals surface area contributed by atoms with Crippen LogP contribution in [0.3, 0.4) is 0 Å². The first-order valence-electron chi connectivity index (χ1n) is 11.4. The standard InChI is InChI=1S/C27H20N4O7/c1-29-22(28)21(25(35)30(2)27(29)37)19(32)13-38-26(36)15-9-11-16(12-10-15)31-23(33)17-7-3-5-14-6-4-8-18(20(14)17)24(31)34/h3-12H,13,28H2,1-2H3. The third-order valence-electron chi connectivity index (χ3n) is 6.46. The number of imide groups is 1. The molecule has 2 amide bonds. The van der Waals surface area contributed by atoms with E-state index < -0.39 is 47.0 Å². The second kappa shape index (κ2) is 8.96. The van der Waals surface area contributed by atoms with Crippen molar-refractivity contribution in [3.05, 3.63) is 104 Å². The number of ether oxygens (including phenoxy) is 1. The van der Waals surface area contributed by atoms with E-state index in [1.54, 1.807) is 24.3 Å². The van der Waals surface area contributed by atoms with Gasteiger partial charge in [-0.2, -0.15) is 0 Å². The van der Waals surface area contributed by atoms with Crippen LogP contribution < -0.4 is 21.9 Å². The number of aromatic nitrogens is 2. The SMILES string of the molecule is Cn1c(N)c(C(=O)COC(=O)c2ccc(N3C(=O)c4cccc5cccc(c45)C3=O)cc2)c(=O)n(C)c1=O. The van der Waals surface area contributed by atoms with Crippen LogP contribution in [0.1, 0.15) is 41.4 Å². The molecule has 0 saturated carbocycles. The summed E-state index contributed by atoms with van der Waals surface area (Å²) < 4.78 is 6.72. The number of Topliss-reactive ketones (excluding diaryl/α,β-unsaturated/α-hetero) is 1. The van der Waals surface area contributed by atoms with Crippen LogP contribution in [-0.2, 0) is 18.8 Å². The number of nitrogens with two attached hydrogens (primary N) is 1. The zero-order chi connectivity index (χ0) is 27.3. The summed E-state index contributed by atoms with van der Waals surface area (Å²) in [6, 6.07) is 16.0. The summed E-state index contributed by atoms with van der Waals surface area (Å²) in [4.78, 5) is 76.8. The highest BCUT2D eigenvalue weighted by Gasteiger charge is 2.34. The molecule has 1 aliphatic heterocycles. The summed E-state index contributed by atoms with van der Waals surface area (Å²) >= 11 is 0. The number of carbonyl (C=O) groups excluding carboxylic acids is 4. The second-order valence-electron chi connectivity index (χ2n) is 8.67. The molecule has 0 saturated heterocycles. The number of anilines is 2. The van der Waals surface area contributed by atoms with Gasteiger partial charge in [0.05, 0.1) is 11.3 Å². The smallest absolute Gasteiger partial charge is 0.338 e. The monoisotopic (exact) mass is 512 g/mol. The van der Waals surface area contributed by atoms with Crippen molar-refractivity contribution >= 4 is 45.8 Å². The highest BCUT2D eigenvalue weighted by Crippen LogP contribution is 2.32. The van der Waals surface area contributed by atoms with Crippen LogP contribution in [0.4, 0.5) is 11.5 Å². The van der Waals surface area contributed by atoms with Gasteiger partial charge in [-0.1, -0.05) is 24.3 Å².